The van der Waals surface area contributed by atoms with Crippen LogP contribution in [0.3, 0.4) is 0 Å². The van der Waals surface area contributed by atoms with E-state index in [1.54, 1.807) is 10.9 Å². The van der Waals surface area contributed by atoms with E-state index in [9.17, 15) is 9.59 Å². The van der Waals surface area contributed by atoms with Crippen LogP contribution in [0.5, 0.6) is 0 Å². The van der Waals surface area contributed by atoms with E-state index in [1.165, 1.54) is 12.8 Å². The van der Waals surface area contributed by atoms with Gasteiger partial charge in [0.25, 0.3) is 5.56 Å². The fourth-order valence-electron chi connectivity index (χ4n) is 3.57. The van der Waals surface area contributed by atoms with Crippen LogP contribution in [0.25, 0.3) is 10.9 Å². The molecule has 5 nitrogen and oxygen atoms in total. The number of aromatic nitrogens is 2. The molecule has 0 N–H and O–H groups in total. The van der Waals surface area contributed by atoms with E-state index in [1.807, 2.05) is 37.1 Å². The third-order valence-electron chi connectivity index (χ3n) is 5.11. The summed E-state index contributed by atoms with van der Waals surface area (Å²) in [6, 6.07) is 6.06. The van der Waals surface area contributed by atoms with Crippen molar-refractivity contribution in [2.75, 3.05) is 7.05 Å². The SMILES string of the molecule is Cc1cccc2c(=O)n(CCCC(=O)N(C)C3CCCC3)cnc12. The molecule has 1 aliphatic carbocycles. The van der Waals surface area contributed by atoms with E-state index in [0.717, 1.165) is 23.9 Å². The highest BCUT2D eigenvalue weighted by Crippen LogP contribution is 2.23. The quantitative estimate of drug-likeness (QED) is 0.848. The summed E-state index contributed by atoms with van der Waals surface area (Å²) in [6.07, 6.45) is 7.42. The van der Waals surface area contributed by atoms with E-state index in [2.05, 4.69) is 4.98 Å². The molecule has 1 fully saturated rings. The first kappa shape index (κ1) is 16.7. The van der Waals surface area contributed by atoms with Crippen LogP contribution in [-0.2, 0) is 11.3 Å². The number of amides is 1. The fourth-order valence-corrected chi connectivity index (χ4v) is 3.57. The van der Waals surface area contributed by atoms with Gasteiger partial charge in [-0.3, -0.25) is 14.2 Å². The monoisotopic (exact) mass is 327 g/mol. The minimum atomic E-state index is -0.0275. The number of rotatable bonds is 5. The first-order valence-electron chi connectivity index (χ1n) is 8.78. The van der Waals surface area contributed by atoms with Crippen molar-refractivity contribution in [2.45, 2.75) is 58.0 Å². The minimum absolute atomic E-state index is 0.0275. The number of hydrogen-bond donors (Lipinski definition) is 0. The number of nitrogens with zero attached hydrogens (tertiary/aromatic N) is 3. The Hall–Kier alpha value is -2.17. The molecule has 3 rings (SSSR count). The summed E-state index contributed by atoms with van der Waals surface area (Å²) in [5.41, 5.74) is 1.74. The molecular weight excluding hydrogens is 302 g/mol. The smallest absolute Gasteiger partial charge is 0.261 e. The van der Waals surface area contributed by atoms with Crippen LogP contribution < -0.4 is 5.56 Å². The van der Waals surface area contributed by atoms with Crippen molar-refractivity contribution in [1.82, 2.24) is 14.5 Å². The second kappa shape index (κ2) is 7.16. The predicted molar refractivity (Wildman–Crippen MR) is 95.0 cm³/mol. The molecular formula is C19H25N3O2. The van der Waals surface area contributed by atoms with Gasteiger partial charge in [-0.15, -0.1) is 0 Å². The van der Waals surface area contributed by atoms with E-state index in [0.29, 0.717) is 30.8 Å². The number of para-hydroxylation sites is 1. The number of carbonyl (C=O) groups excluding carboxylic acids is 1. The molecule has 1 amide bonds. The third kappa shape index (κ3) is 3.35. The lowest BCUT2D eigenvalue weighted by Crippen LogP contribution is -2.35. The molecule has 1 aromatic carbocycles. The summed E-state index contributed by atoms with van der Waals surface area (Å²) in [5.74, 6) is 0.180. The summed E-state index contributed by atoms with van der Waals surface area (Å²) in [6.45, 7) is 2.48. The zero-order valence-electron chi connectivity index (χ0n) is 14.5. The van der Waals surface area contributed by atoms with Crippen LogP contribution in [0.1, 0.15) is 44.1 Å². The van der Waals surface area contributed by atoms with Crippen LogP contribution in [0.4, 0.5) is 0 Å². The molecule has 1 aromatic heterocycles. The van der Waals surface area contributed by atoms with Gasteiger partial charge in [0.1, 0.15) is 0 Å². The van der Waals surface area contributed by atoms with E-state index < -0.39 is 0 Å². The standard InChI is InChI=1S/C19H25N3O2/c1-14-7-5-10-16-18(14)20-13-22(19(16)24)12-6-11-17(23)21(2)15-8-3-4-9-15/h5,7,10,13,15H,3-4,6,8-9,11-12H2,1-2H3. The molecule has 5 heteroatoms. The van der Waals surface area contributed by atoms with Crippen molar-refractivity contribution in [3.8, 4) is 0 Å². The van der Waals surface area contributed by atoms with E-state index in [-0.39, 0.29) is 11.5 Å². The predicted octanol–water partition coefficient (Wildman–Crippen LogP) is 2.89. The van der Waals surface area contributed by atoms with Gasteiger partial charge in [0.15, 0.2) is 0 Å². The highest BCUT2D eigenvalue weighted by Gasteiger charge is 2.22. The zero-order chi connectivity index (χ0) is 17.1. The summed E-state index contributed by atoms with van der Waals surface area (Å²) in [7, 11) is 1.91. The Bertz CT molecular complexity index is 791. The number of benzene rings is 1. The van der Waals surface area contributed by atoms with Gasteiger partial charge in [0, 0.05) is 26.1 Å². The summed E-state index contributed by atoms with van der Waals surface area (Å²) in [5, 5.41) is 0.645. The largest absolute Gasteiger partial charge is 0.343 e. The Morgan fingerprint density at radius 1 is 1.33 bits per heavy atom. The topological polar surface area (TPSA) is 55.2 Å². The average Bonchev–Trinajstić information content (AvgIpc) is 3.11. The van der Waals surface area contributed by atoms with Crippen LogP contribution in [0, 0.1) is 6.92 Å². The zero-order valence-corrected chi connectivity index (χ0v) is 14.5. The van der Waals surface area contributed by atoms with Crippen LogP contribution in [0.15, 0.2) is 29.3 Å². The molecule has 0 atom stereocenters. The van der Waals surface area contributed by atoms with E-state index in [4.69, 9.17) is 0 Å². The van der Waals surface area contributed by atoms with Crippen molar-refractivity contribution < 1.29 is 4.79 Å². The Balaban J connectivity index is 1.62. The molecule has 0 saturated heterocycles. The van der Waals surface area contributed by atoms with E-state index >= 15 is 0 Å². The molecule has 0 bridgehead atoms. The van der Waals surface area contributed by atoms with Gasteiger partial charge in [-0.2, -0.15) is 0 Å². The normalized spacial score (nSPS) is 15.1. The van der Waals surface area contributed by atoms with Gasteiger partial charge >= 0.3 is 0 Å². The van der Waals surface area contributed by atoms with Gasteiger partial charge < -0.3 is 4.90 Å². The molecule has 0 unspecified atom stereocenters. The van der Waals surface area contributed by atoms with Crippen molar-refractivity contribution in [2.24, 2.45) is 0 Å². The Morgan fingerprint density at radius 3 is 2.83 bits per heavy atom. The Morgan fingerprint density at radius 2 is 2.08 bits per heavy atom. The van der Waals surface area contributed by atoms with Gasteiger partial charge in [0.2, 0.25) is 5.91 Å². The number of hydrogen-bond acceptors (Lipinski definition) is 3. The van der Waals surface area contributed by atoms with Crippen molar-refractivity contribution >= 4 is 16.8 Å². The lowest BCUT2D eigenvalue weighted by Gasteiger charge is -2.24. The summed E-state index contributed by atoms with van der Waals surface area (Å²) in [4.78, 5) is 31.1. The molecule has 24 heavy (non-hydrogen) atoms. The molecule has 128 valence electrons. The lowest BCUT2D eigenvalue weighted by molar-refractivity contribution is -0.132. The molecule has 1 saturated carbocycles. The van der Waals surface area contributed by atoms with Crippen molar-refractivity contribution in [3.05, 3.63) is 40.4 Å². The molecule has 2 aromatic rings. The average molecular weight is 327 g/mol. The van der Waals surface area contributed by atoms with Gasteiger partial charge in [-0.05, 0) is 37.8 Å². The van der Waals surface area contributed by atoms with Crippen LogP contribution >= 0.6 is 0 Å². The van der Waals surface area contributed by atoms with Crippen LogP contribution in [-0.4, -0.2) is 33.4 Å². The van der Waals surface area contributed by atoms with Gasteiger partial charge in [-0.25, -0.2) is 4.98 Å². The van der Waals surface area contributed by atoms with Crippen molar-refractivity contribution in [3.63, 3.8) is 0 Å². The maximum absolute atomic E-state index is 12.5. The Kier molecular flexibility index (Phi) is 4.97. The molecule has 0 radical (unpaired) electrons. The molecule has 0 spiro atoms. The second-order valence-corrected chi connectivity index (χ2v) is 6.76. The first-order chi connectivity index (χ1) is 11.6. The third-order valence-corrected chi connectivity index (χ3v) is 5.11. The number of carbonyl (C=O) groups is 1. The van der Waals surface area contributed by atoms with Crippen LogP contribution in [0.2, 0.25) is 0 Å². The lowest BCUT2D eigenvalue weighted by atomic mass is 10.1. The maximum Gasteiger partial charge on any atom is 0.261 e. The highest BCUT2D eigenvalue weighted by atomic mass is 16.2. The number of aryl methyl sites for hydroxylation is 2. The maximum atomic E-state index is 12.5. The van der Waals surface area contributed by atoms with Gasteiger partial charge in [-0.1, -0.05) is 25.0 Å². The summed E-state index contributed by atoms with van der Waals surface area (Å²) >= 11 is 0. The second-order valence-electron chi connectivity index (χ2n) is 6.76. The fraction of sp³-hybridized carbons (Fsp3) is 0.526. The molecule has 0 aliphatic heterocycles. The number of fused-ring (bicyclic) bond motifs is 1. The Labute approximate surface area is 142 Å². The molecule has 1 heterocycles. The highest BCUT2D eigenvalue weighted by molar-refractivity contribution is 5.80. The molecule has 1 aliphatic rings. The first-order valence-corrected chi connectivity index (χ1v) is 8.78. The summed E-state index contributed by atoms with van der Waals surface area (Å²) < 4.78 is 1.62. The minimum Gasteiger partial charge on any atom is -0.343 e. The van der Waals surface area contributed by atoms with Gasteiger partial charge in [0.05, 0.1) is 17.2 Å². The van der Waals surface area contributed by atoms with Crippen molar-refractivity contribution in [1.29, 1.82) is 0 Å².